The number of hydrogen-bond donors (Lipinski definition) is 0. The number of thiophene rings is 1. The van der Waals surface area contributed by atoms with Crippen LogP contribution in [-0.2, 0) is 0 Å². The fourth-order valence-corrected chi connectivity index (χ4v) is 3.04. The molecule has 0 N–H and O–H groups in total. The number of halogens is 1. The molecule has 3 heteroatoms. The Morgan fingerprint density at radius 1 is 1.11 bits per heavy atom. The van der Waals surface area contributed by atoms with Crippen molar-refractivity contribution in [3.05, 3.63) is 70.4 Å². The van der Waals surface area contributed by atoms with Crippen LogP contribution in [0.3, 0.4) is 0 Å². The average Bonchev–Trinajstić information content (AvgIpc) is 2.89. The van der Waals surface area contributed by atoms with E-state index in [1.54, 1.807) is 18.2 Å². The summed E-state index contributed by atoms with van der Waals surface area (Å²) in [5.74, 6) is -0.724. The lowest BCUT2D eigenvalue weighted by Gasteiger charge is -2.05. The van der Waals surface area contributed by atoms with E-state index in [2.05, 4.69) is 0 Å². The quantitative estimate of drug-likeness (QED) is 0.623. The molecule has 0 bridgehead atoms. The minimum atomic E-state index is -0.468. The Hall–Kier alpha value is -2.00. The molecule has 3 aromatic rings. The molecule has 0 fully saturated rings. The SMILES string of the molecule is Cc1ccc(F)c(C(=O)c2cccc3ccsc23)c1. The van der Waals surface area contributed by atoms with Gasteiger partial charge in [0.25, 0.3) is 0 Å². The van der Waals surface area contributed by atoms with Crippen molar-refractivity contribution in [2.45, 2.75) is 6.92 Å². The lowest BCUT2D eigenvalue weighted by Crippen LogP contribution is -2.04. The Kier molecular flexibility index (Phi) is 2.91. The summed E-state index contributed by atoms with van der Waals surface area (Å²) in [4.78, 5) is 12.5. The van der Waals surface area contributed by atoms with Crippen LogP contribution in [0.15, 0.2) is 47.8 Å². The van der Waals surface area contributed by atoms with Gasteiger partial charge < -0.3 is 0 Å². The molecule has 2 aromatic carbocycles. The van der Waals surface area contributed by atoms with Crippen LogP contribution in [0.25, 0.3) is 10.1 Å². The molecule has 1 nitrogen and oxygen atoms in total. The first kappa shape index (κ1) is 12.1. The molecule has 0 aliphatic rings. The smallest absolute Gasteiger partial charge is 0.197 e. The van der Waals surface area contributed by atoms with Crippen molar-refractivity contribution in [2.24, 2.45) is 0 Å². The van der Waals surface area contributed by atoms with E-state index in [4.69, 9.17) is 0 Å². The van der Waals surface area contributed by atoms with Crippen LogP contribution in [0.2, 0.25) is 0 Å². The number of rotatable bonds is 2. The highest BCUT2D eigenvalue weighted by atomic mass is 32.1. The van der Waals surface area contributed by atoms with E-state index >= 15 is 0 Å². The molecular formula is C16H11FOS. The van der Waals surface area contributed by atoms with E-state index in [9.17, 15) is 9.18 Å². The first-order valence-corrected chi connectivity index (χ1v) is 6.82. The summed E-state index contributed by atoms with van der Waals surface area (Å²) in [5, 5.41) is 2.96. The number of aryl methyl sites for hydroxylation is 1. The summed E-state index contributed by atoms with van der Waals surface area (Å²) in [6.07, 6.45) is 0. The highest BCUT2D eigenvalue weighted by molar-refractivity contribution is 7.17. The van der Waals surface area contributed by atoms with Crippen molar-refractivity contribution in [3.8, 4) is 0 Å². The molecule has 1 aromatic heterocycles. The van der Waals surface area contributed by atoms with Gasteiger partial charge in [-0.1, -0.05) is 23.8 Å². The Morgan fingerprint density at radius 3 is 2.79 bits per heavy atom. The summed E-state index contributed by atoms with van der Waals surface area (Å²) >= 11 is 1.50. The van der Waals surface area contributed by atoms with E-state index in [0.29, 0.717) is 5.56 Å². The Bertz CT molecular complexity index is 773. The topological polar surface area (TPSA) is 17.1 Å². The van der Waals surface area contributed by atoms with Gasteiger partial charge in [-0.2, -0.15) is 0 Å². The van der Waals surface area contributed by atoms with Gasteiger partial charge in [-0.05, 0) is 42.0 Å². The maximum absolute atomic E-state index is 13.8. The molecule has 0 radical (unpaired) electrons. The third-order valence-electron chi connectivity index (χ3n) is 3.09. The second-order valence-corrected chi connectivity index (χ2v) is 5.37. The zero-order chi connectivity index (χ0) is 13.4. The molecule has 0 saturated heterocycles. The summed E-state index contributed by atoms with van der Waals surface area (Å²) < 4.78 is 14.7. The molecule has 0 aliphatic carbocycles. The first-order chi connectivity index (χ1) is 9.16. The molecule has 0 spiro atoms. The van der Waals surface area contributed by atoms with Gasteiger partial charge in [0.15, 0.2) is 5.78 Å². The largest absolute Gasteiger partial charge is 0.288 e. The van der Waals surface area contributed by atoms with Gasteiger partial charge in [0.05, 0.1) is 5.56 Å². The predicted octanol–water partition coefficient (Wildman–Crippen LogP) is 4.58. The second kappa shape index (κ2) is 4.59. The van der Waals surface area contributed by atoms with Crippen LogP contribution in [0, 0.1) is 12.7 Å². The number of fused-ring (bicyclic) bond motifs is 1. The van der Waals surface area contributed by atoms with Crippen molar-refractivity contribution in [2.75, 3.05) is 0 Å². The fraction of sp³-hybridized carbons (Fsp3) is 0.0625. The second-order valence-electron chi connectivity index (χ2n) is 4.46. The zero-order valence-electron chi connectivity index (χ0n) is 10.3. The maximum Gasteiger partial charge on any atom is 0.197 e. The number of carbonyl (C=O) groups is 1. The number of ketones is 1. The minimum Gasteiger partial charge on any atom is -0.288 e. The number of carbonyl (C=O) groups excluding carboxylic acids is 1. The highest BCUT2D eigenvalue weighted by Gasteiger charge is 2.17. The molecule has 3 rings (SSSR count). The average molecular weight is 270 g/mol. The zero-order valence-corrected chi connectivity index (χ0v) is 11.1. The van der Waals surface area contributed by atoms with Crippen LogP contribution in [0.5, 0.6) is 0 Å². The lowest BCUT2D eigenvalue weighted by molar-refractivity contribution is 0.103. The summed E-state index contributed by atoms with van der Waals surface area (Å²) in [7, 11) is 0. The van der Waals surface area contributed by atoms with E-state index in [1.165, 1.54) is 17.4 Å². The van der Waals surface area contributed by atoms with Crippen molar-refractivity contribution < 1.29 is 9.18 Å². The summed E-state index contributed by atoms with van der Waals surface area (Å²) in [6.45, 7) is 1.85. The molecule has 0 saturated carbocycles. The molecule has 0 aliphatic heterocycles. The minimum absolute atomic E-state index is 0.140. The van der Waals surface area contributed by atoms with Crippen LogP contribution in [0.1, 0.15) is 21.5 Å². The fourth-order valence-electron chi connectivity index (χ4n) is 2.13. The van der Waals surface area contributed by atoms with Gasteiger partial charge in [-0.25, -0.2) is 4.39 Å². The highest BCUT2D eigenvalue weighted by Crippen LogP contribution is 2.27. The Labute approximate surface area is 114 Å². The van der Waals surface area contributed by atoms with Crippen molar-refractivity contribution in [1.29, 1.82) is 0 Å². The first-order valence-electron chi connectivity index (χ1n) is 5.94. The van der Waals surface area contributed by atoms with E-state index in [-0.39, 0.29) is 11.3 Å². The normalized spacial score (nSPS) is 10.8. The van der Waals surface area contributed by atoms with Crippen LogP contribution >= 0.6 is 11.3 Å². The van der Waals surface area contributed by atoms with Gasteiger partial charge in [-0.3, -0.25) is 4.79 Å². The molecule has 94 valence electrons. The van der Waals surface area contributed by atoms with E-state index in [1.807, 2.05) is 30.5 Å². The Balaban J connectivity index is 2.19. The van der Waals surface area contributed by atoms with Gasteiger partial charge in [0.2, 0.25) is 0 Å². The molecule has 0 amide bonds. The Morgan fingerprint density at radius 2 is 1.95 bits per heavy atom. The molecular weight excluding hydrogens is 259 g/mol. The molecule has 0 unspecified atom stereocenters. The van der Waals surface area contributed by atoms with Gasteiger partial charge >= 0.3 is 0 Å². The van der Waals surface area contributed by atoms with E-state index in [0.717, 1.165) is 15.6 Å². The lowest BCUT2D eigenvalue weighted by atomic mass is 10.0. The summed E-state index contributed by atoms with van der Waals surface area (Å²) in [5.41, 5.74) is 1.58. The van der Waals surface area contributed by atoms with Crippen LogP contribution < -0.4 is 0 Å². The van der Waals surface area contributed by atoms with Gasteiger partial charge in [-0.15, -0.1) is 11.3 Å². The van der Waals surface area contributed by atoms with Crippen molar-refractivity contribution >= 4 is 27.2 Å². The predicted molar refractivity (Wildman–Crippen MR) is 76.4 cm³/mol. The van der Waals surface area contributed by atoms with E-state index < -0.39 is 5.82 Å². The third-order valence-corrected chi connectivity index (χ3v) is 4.05. The number of benzene rings is 2. The molecule has 19 heavy (non-hydrogen) atoms. The number of hydrogen-bond acceptors (Lipinski definition) is 2. The molecule has 0 atom stereocenters. The van der Waals surface area contributed by atoms with Crippen molar-refractivity contribution in [1.82, 2.24) is 0 Å². The maximum atomic E-state index is 13.8. The van der Waals surface area contributed by atoms with Gasteiger partial charge in [0.1, 0.15) is 5.82 Å². The third kappa shape index (κ3) is 2.06. The van der Waals surface area contributed by atoms with Gasteiger partial charge in [0, 0.05) is 10.3 Å². The van der Waals surface area contributed by atoms with Crippen molar-refractivity contribution in [3.63, 3.8) is 0 Å². The molecule has 1 heterocycles. The van der Waals surface area contributed by atoms with Crippen LogP contribution in [0.4, 0.5) is 4.39 Å². The summed E-state index contributed by atoms with van der Waals surface area (Å²) in [6, 6.07) is 12.1. The standard InChI is InChI=1S/C16H11FOS/c1-10-5-6-14(17)13(9-10)15(18)12-4-2-3-11-7-8-19-16(11)12/h2-9H,1H3. The van der Waals surface area contributed by atoms with Crippen LogP contribution in [-0.4, -0.2) is 5.78 Å². The monoisotopic (exact) mass is 270 g/mol.